The molecule has 0 nitrogen and oxygen atoms in total. The van der Waals surface area contributed by atoms with Gasteiger partial charge < -0.3 is 0 Å². The minimum Gasteiger partial charge on any atom is -0.0468 e. The smallest absolute Gasteiger partial charge is 0.0321 e. The van der Waals surface area contributed by atoms with Gasteiger partial charge in [-0.3, -0.25) is 0 Å². The molecule has 5 rings (SSSR count). The first kappa shape index (κ1) is 5.67. The molecule has 0 aliphatic heterocycles. The molecule has 0 spiro atoms. The summed E-state index contributed by atoms with van der Waals surface area (Å²) in [6.07, 6.45) is 6.63. The van der Waals surface area contributed by atoms with Gasteiger partial charge in [-0.15, -0.1) is 0 Å². The monoisotopic (exact) mass is 160 g/mol. The van der Waals surface area contributed by atoms with Gasteiger partial charge in [0.05, 0.1) is 0 Å². The van der Waals surface area contributed by atoms with E-state index in [1.165, 1.54) is 47.3 Å². The second-order valence-corrected chi connectivity index (χ2v) is 6.26. The summed E-state index contributed by atoms with van der Waals surface area (Å²) >= 11 is 0. The van der Waals surface area contributed by atoms with E-state index in [1.807, 2.05) is 0 Å². The Labute approximate surface area is 73.7 Å². The molecule has 0 aromatic heterocycles. The maximum absolute atomic E-state index is 1.67. The summed E-state index contributed by atoms with van der Waals surface area (Å²) in [6, 6.07) is 0. The van der Waals surface area contributed by atoms with Crippen LogP contribution in [0.2, 0.25) is 0 Å². The number of hydrogen-bond donors (Lipinski definition) is 0. The fraction of sp³-hybridized carbons (Fsp3) is 1.00. The highest BCUT2D eigenvalue weighted by atomic mass is 14.8. The lowest BCUT2D eigenvalue weighted by atomic mass is 9.79. The van der Waals surface area contributed by atoms with Crippen molar-refractivity contribution in [3.05, 3.63) is 0 Å². The van der Waals surface area contributed by atoms with Crippen LogP contribution < -0.4 is 0 Å². The fourth-order valence-electron chi connectivity index (χ4n) is 5.75. The van der Waals surface area contributed by atoms with Gasteiger partial charge in [-0.2, -0.15) is 0 Å². The predicted molar refractivity (Wildman–Crippen MR) is 46.4 cm³/mol. The zero-order chi connectivity index (χ0) is 7.45. The summed E-state index contributed by atoms with van der Waals surface area (Å²) < 4.78 is 0. The van der Waals surface area contributed by atoms with Crippen LogP contribution in [0.3, 0.4) is 0 Å². The van der Waals surface area contributed by atoms with Gasteiger partial charge in [0.1, 0.15) is 0 Å². The van der Waals surface area contributed by atoms with Crippen LogP contribution in [0.5, 0.6) is 0 Å². The Morgan fingerprint density at radius 2 is 1.08 bits per heavy atom. The van der Waals surface area contributed by atoms with Crippen molar-refractivity contribution < 1.29 is 0 Å². The Hall–Kier alpha value is 0. The third kappa shape index (κ3) is 0.418. The summed E-state index contributed by atoms with van der Waals surface area (Å²) in [5, 5.41) is 0. The van der Waals surface area contributed by atoms with Crippen molar-refractivity contribution in [1.82, 2.24) is 0 Å². The molecular formula is C12H16. The number of fused-ring (bicyclic) bond motifs is 10. The summed E-state index contributed by atoms with van der Waals surface area (Å²) in [5.74, 6) is 10.0. The predicted octanol–water partition coefficient (Wildman–Crippen LogP) is 2.54. The maximum atomic E-state index is 1.67. The Morgan fingerprint density at radius 3 is 2.00 bits per heavy atom. The normalized spacial score (nSPS) is 80.0. The van der Waals surface area contributed by atoms with Crippen molar-refractivity contribution in [1.29, 1.82) is 0 Å². The van der Waals surface area contributed by atoms with E-state index in [9.17, 15) is 0 Å². The second-order valence-electron chi connectivity index (χ2n) is 6.26. The van der Waals surface area contributed by atoms with Crippen molar-refractivity contribution in [2.75, 3.05) is 0 Å². The number of rotatable bonds is 0. The molecule has 5 fully saturated rings. The SMILES string of the molecule is C1[C@H]2[C@H]3C[C@@H]([C@@H]12)[C@H]1[C@H]2C[C@H]2C[C@@H]31. The quantitative estimate of drug-likeness (QED) is 0.511. The lowest BCUT2D eigenvalue weighted by Crippen LogP contribution is -2.21. The topological polar surface area (TPSA) is 0 Å². The molecule has 0 aromatic carbocycles. The minimum atomic E-state index is 1.24. The highest BCUT2D eigenvalue weighted by Crippen LogP contribution is 2.78. The Morgan fingerprint density at radius 1 is 0.500 bits per heavy atom. The highest BCUT2D eigenvalue weighted by Gasteiger charge is 2.71. The Bertz CT molecular complexity index is 265. The molecule has 0 saturated heterocycles. The summed E-state index contributed by atoms with van der Waals surface area (Å²) in [4.78, 5) is 0. The lowest BCUT2D eigenvalue weighted by Gasteiger charge is -2.26. The molecule has 8 atom stereocenters. The molecular weight excluding hydrogens is 144 g/mol. The van der Waals surface area contributed by atoms with Gasteiger partial charge in [-0.1, -0.05) is 0 Å². The van der Waals surface area contributed by atoms with Crippen molar-refractivity contribution in [2.24, 2.45) is 47.3 Å². The average Bonchev–Trinajstić information content (AvgIpc) is 2.92. The third-order valence-corrected chi connectivity index (χ3v) is 6.12. The first-order chi connectivity index (χ1) is 5.93. The Balaban J connectivity index is 1.66. The van der Waals surface area contributed by atoms with Crippen LogP contribution in [0.1, 0.15) is 25.7 Å². The first-order valence-electron chi connectivity index (χ1n) is 5.93. The molecule has 5 aliphatic rings. The van der Waals surface area contributed by atoms with Crippen molar-refractivity contribution >= 4 is 0 Å². The summed E-state index contributed by atoms with van der Waals surface area (Å²) in [5.41, 5.74) is 0. The van der Waals surface area contributed by atoms with E-state index in [4.69, 9.17) is 0 Å². The van der Waals surface area contributed by atoms with E-state index in [0.717, 1.165) is 0 Å². The van der Waals surface area contributed by atoms with Crippen LogP contribution in [0.15, 0.2) is 0 Å². The van der Waals surface area contributed by atoms with E-state index in [-0.39, 0.29) is 0 Å². The Kier molecular flexibility index (Phi) is 0.663. The molecule has 0 amide bonds. The zero-order valence-corrected chi connectivity index (χ0v) is 7.45. The van der Waals surface area contributed by atoms with Gasteiger partial charge in [-0.05, 0) is 73.0 Å². The molecule has 0 radical (unpaired) electrons. The largest absolute Gasteiger partial charge is 0.0468 e. The fourth-order valence-corrected chi connectivity index (χ4v) is 5.75. The van der Waals surface area contributed by atoms with Crippen LogP contribution >= 0.6 is 0 Å². The maximum Gasteiger partial charge on any atom is -0.0321 e. The van der Waals surface area contributed by atoms with Gasteiger partial charge in [0, 0.05) is 0 Å². The van der Waals surface area contributed by atoms with Crippen LogP contribution in [-0.4, -0.2) is 0 Å². The van der Waals surface area contributed by atoms with E-state index < -0.39 is 0 Å². The van der Waals surface area contributed by atoms with Gasteiger partial charge >= 0.3 is 0 Å². The molecule has 5 aliphatic carbocycles. The molecule has 12 heavy (non-hydrogen) atoms. The highest BCUT2D eigenvalue weighted by molar-refractivity contribution is 5.19. The average molecular weight is 160 g/mol. The molecule has 64 valence electrons. The molecule has 5 saturated carbocycles. The van der Waals surface area contributed by atoms with E-state index >= 15 is 0 Å². The van der Waals surface area contributed by atoms with Crippen LogP contribution in [-0.2, 0) is 0 Å². The zero-order valence-electron chi connectivity index (χ0n) is 7.45. The molecule has 0 unspecified atom stereocenters. The molecule has 2 bridgehead atoms. The van der Waals surface area contributed by atoms with Crippen LogP contribution in [0.4, 0.5) is 0 Å². The molecule has 0 aromatic rings. The number of hydrogen-bond acceptors (Lipinski definition) is 0. The van der Waals surface area contributed by atoms with Gasteiger partial charge in [0.25, 0.3) is 0 Å². The van der Waals surface area contributed by atoms with Crippen LogP contribution in [0.25, 0.3) is 0 Å². The lowest BCUT2D eigenvalue weighted by molar-refractivity contribution is 0.214. The standard InChI is InChI=1S/C12H16/c1-5-2-10-9-4-11(8-3-7(8)9)12(10)6(1)5/h5-12H,1-4H2/t5-,6-,7+,8-,9+,10-,11-,12-/m0/s1. The minimum absolute atomic E-state index is 1.24. The van der Waals surface area contributed by atoms with Crippen molar-refractivity contribution in [3.63, 3.8) is 0 Å². The molecule has 0 heteroatoms. The van der Waals surface area contributed by atoms with Crippen molar-refractivity contribution in [3.8, 4) is 0 Å². The second kappa shape index (κ2) is 1.40. The van der Waals surface area contributed by atoms with Gasteiger partial charge in [0.15, 0.2) is 0 Å². The van der Waals surface area contributed by atoms with Gasteiger partial charge in [0.2, 0.25) is 0 Å². The van der Waals surface area contributed by atoms with Crippen LogP contribution in [0, 0.1) is 47.3 Å². The van der Waals surface area contributed by atoms with Crippen molar-refractivity contribution in [2.45, 2.75) is 25.7 Å². The van der Waals surface area contributed by atoms with E-state index in [1.54, 1.807) is 25.7 Å². The van der Waals surface area contributed by atoms with Gasteiger partial charge in [-0.25, -0.2) is 0 Å². The third-order valence-electron chi connectivity index (χ3n) is 6.12. The summed E-state index contributed by atoms with van der Waals surface area (Å²) in [6.45, 7) is 0. The molecule has 0 heterocycles. The van der Waals surface area contributed by atoms with E-state index in [0.29, 0.717) is 0 Å². The molecule has 0 N–H and O–H groups in total. The van der Waals surface area contributed by atoms with E-state index in [2.05, 4.69) is 0 Å². The first-order valence-corrected chi connectivity index (χ1v) is 5.93. The summed E-state index contributed by atoms with van der Waals surface area (Å²) in [7, 11) is 0.